The Morgan fingerprint density at radius 1 is 1.78 bits per heavy atom. The molecule has 0 radical (unpaired) electrons. The van der Waals surface area contributed by atoms with Gasteiger partial charge in [-0.15, -0.1) is 5.10 Å². The second kappa shape index (κ2) is 2.14. The third-order valence-electron chi connectivity index (χ3n) is 1.22. The van der Waals surface area contributed by atoms with Gasteiger partial charge in [-0.2, -0.15) is 0 Å². The van der Waals surface area contributed by atoms with Crippen molar-refractivity contribution in [2.45, 2.75) is 13.0 Å². The number of rotatable bonds is 1. The summed E-state index contributed by atoms with van der Waals surface area (Å²) in [5, 5.41) is 7.40. The number of aromatic nitrogens is 3. The SMILES string of the molecule is CC(N)c1cnnn1C. The van der Waals surface area contributed by atoms with Crippen LogP contribution in [0.1, 0.15) is 18.7 Å². The lowest BCUT2D eigenvalue weighted by Crippen LogP contribution is -2.10. The van der Waals surface area contributed by atoms with Crippen molar-refractivity contribution in [3.8, 4) is 0 Å². The molecule has 2 N–H and O–H groups in total. The lowest BCUT2D eigenvalue weighted by molar-refractivity contribution is 0.637. The summed E-state index contributed by atoms with van der Waals surface area (Å²) in [7, 11) is 1.83. The maximum atomic E-state index is 5.56. The smallest absolute Gasteiger partial charge is 0.0748 e. The van der Waals surface area contributed by atoms with Gasteiger partial charge in [0.25, 0.3) is 0 Å². The highest BCUT2D eigenvalue weighted by molar-refractivity contribution is 4.98. The highest BCUT2D eigenvalue weighted by atomic mass is 15.4. The second-order valence-corrected chi connectivity index (χ2v) is 2.07. The third-order valence-corrected chi connectivity index (χ3v) is 1.22. The van der Waals surface area contributed by atoms with E-state index in [4.69, 9.17) is 5.73 Å². The number of hydrogen-bond acceptors (Lipinski definition) is 3. The van der Waals surface area contributed by atoms with E-state index in [1.807, 2.05) is 14.0 Å². The van der Waals surface area contributed by atoms with Gasteiger partial charge in [0.1, 0.15) is 0 Å². The monoisotopic (exact) mass is 126 g/mol. The fourth-order valence-electron chi connectivity index (χ4n) is 0.710. The van der Waals surface area contributed by atoms with Crippen molar-refractivity contribution in [2.75, 3.05) is 0 Å². The van der Waals surface area contributed by atoms with Crippen LogP contribution in [0.3, 0.4) is 0 Å². The lowest BCUT2D eigenvalue weighted by atomic mass is 10.3. The van der Waals surface area contributed by atoms with E-state index in [1.54, 1.807) is 10.9 Å². The van der Waals surface area contributed by atoms with E-state index in [2.05, 4.69) is 10.3 Å². The molecule has 0 aliphatic rings. The first-order valence-corrected chi connectivity index (χ1v) is 2.82. The van der Waals surface area contributed by atoms with Crippen LogP contribution < -0.4 is 5.73 Å². The molecule has 0 aromatic carbocycles. The Bertz CT molecular complexity index is 191. The van der Waals surface area contributed by atoms with Crippen LogP contribution in [0.2, 0.25) is 0 Å². The molecule has 50 valence electrons. The van der Waals surface area contributed by atoms with Crippen LogP contribution in [-0.2, 0) is 7.05 Å². The summed E-state index contributed by atoms with van der Waals surface area (Å²) in [4.78, 5) is 0. The van der Waals surface area contributed by atoms with Gasteiger partial charge in [0.2, 0.25) is 0 Å². The molecule has 4 nitrogen and oxygen atoms in total. The summed E-state index contributed by atoms with van der Waals surface area (Å²) < 4.78 is 1.67. The summed E-state index contributed by atoms with van der Waals surface area (Å²) in [5.41, 5.74) is 6.51. The molecule has 0 amide bonds. The van der Waals surface area contributed by atoms with E-state index in [0.717, 1.165) is 5.69 Å². The zero-order chi connectivity index (χ0) is 6.85. The van der Waals surface area contributed by atoms with Crippen molar-refractivity contribution in [1.82, 2.24) is 15.0 Å². The molecule has 1 heterocycles. The number of nitrogens with two attached hydrogens (primary N) is 1. The van der Waals surface area contributed by atoms with Crippen LogP contribution in [0.5, 0.6) is 0 Å². The molecule has 1 aromatic heterocycles. The van der Waals surface area contributed by atoms with Gasteiger partial charge in [0.15, 0.2) is 0 Å². The largest absolute Gasteiger partial charge is 0.323 e. The predicted molar refractivity (Wildman–Crippen MR) is 33.6 cm³/mol. The Kier molecular flexibility index (Phi) is 1.48. The van der Waals surface area contributed by atoms with Crippen LogP contribution in [0.15, 0.2) is 6.20 Å². The first kappa shape index (κ1) is 6.22. The van der Waals surface area contributed by atoms with Crippen LogP contribution in [0, 0.1) is 0 Å². The molecule has 1 rings (SSSR count). The summed E-state index contributed by atoms with van der Waals surface area (Å²) in [6, 6.07) is 0.0185. The first-order valence-electron chi connectivity index (χ1n) is 2.82. The second-order valence-electron chi connectivity index (χ2n) is 2.07. The van der Waals surface area contributed by atoms with E-state index in [-0.39, 0.29) is 6.04 Å². The Morgan fingerprint density at radius 2 is 2.44 bits per heavy atom. The summed E-state index contributed by atoms with van der Waals surface area (Å²) in [6.07, 6.45) is 1.67. The van der Waals surface area contributed by atoms with Gasteiger partial charge in [-0.25, -0.2) is 0 Å². The minimum Gasteiger partial charge on any atom is -0.323 e. The lowest BCUT2D eigenvalue weighted by Gasteiger charge is -2.01. The Morgan fingerprint density at radius 3 is 2.67 bits per heavy atom. The van der Waals surface area contributed by atoms with Crippen molar-refractivity contribution in [1.29, 1.82) is 0 Å². The van der Waals surface area contributed by atoms with Gasteiger partial charge in [0.05, 0.1) is 11.9 Å². The molecule has 0 spiro atoms. The average molecular weight is 126 g/mol. The van der Waals surface area contributed by atoms with E-state index >= 15 is 0 Å². The van der Waals surface area contributed by atoms with Gasteiger partial charge in [-0.3, -0.25) is 4.68 Å². The summed E-state index contributed by atoms with van der Waals surface area (Å²) in [6.45, 7) is 1.90. The molecule has 0 fully saturated rings. The maximum Gasteiger partial charge on any atom is 0.0748 e. The molecule has 0 aliphatic carbocycles. The van der Waals surface area contributed by atoms with Crippen molar-refractivity contribution < 1.29 is 0 Å². The molecule has 1 unspecified atom stereocenters. The van der Waals surface area contributed by atoms with Crippen molar-refractivity contribution in [2.24, 2.45) is 12.8 Å². The van der Waals surface area contributed by atoms with E-state index in [1.165, 1.54) is 0 Å². The van der Waals surface area contributed by atoms with E-state index in [0.29, 0.717) is 0 Å². The van der Waals surface area contributed by atoms with Crippen molar-refractivity contribution >= 4 is 0 Å². The highest BCUT2D eigenvalue weighted by Crippen LogP contribution is 2.03. The zero-order valence-electron chi connectivity index (χ0n) is 5.57. The third kappa shape index (κ3) is 1.08. The first-order chi connectivity index (χ1) is 4.22. The minimum absolute atomic E-state index is 0.0185. The fraction of sp³-hybridized carbons (Fsp3) is 0.600. The summed E-state index contributed by atoms with van der Waals surface area (Å²) in [5.74, 6) is 0. The molecule has 1 atom stereocenters. The topological polar surface area (TPSA) is 56.7 Å². The molecule has 0 saturated carbocycles. The number of aryl methyl sites for hydroxylation is 1. The van der Waals surface area contributed by atoms with Gasteiger partial charge in [0, 0.05) is 13.1 Å². The molecule has 0 saturated heterocycles. The molecular weight excluding hydrogens is 116 g/mol. The van der Waals surface area contributed by atoms with Crippen molar-refractivity contribution in [3.63, 3.8) is 0 Å². The van der Waals surface area contributed by atoms with E-state index in [9.17, 15) is 0 Å². The minimum atomic E-state index is 0.0185. The zero-order valence-corrected chi connectivity index (χ0v) is 5.57. The van der Waals surface area contributed by atoms with Crippen LogP contribution in [0.4, 0.5) is 0 Å². The fourth-order valence-corrected chi connectivity index (χ4v) is 0.710. The molecule has 4 heteroatoms. The number of hydrogen-bond donors (Lipinski definition) is 1. The molecule has 1 aromatic rings. The standard InChI is InChI=1S/C5H10N4/c1-4(6)5-3-7-8-9(5)2/h3-4H,6H2,1-2H3. The van der Waals surface area contributed by atoms with Crippen LogP contribution in [-0.4, -0.2) is 15.0 Å². The Labute approximate surface area is 53.7 Å². The number of nitrogens with zero attached hydrogens (tertiary/aromatic N) is 3. The van der Waals surface area contributed by atoms with Gasteiger partial charge < -0.3 is 5.73 Å². The molecule has 0 bridgehead atoms. The normalized spacial score (nSPS) is 13.7. The molecule has 0 aliphatic heterocycles. The molecule has 9 heavy (non-hydrogen) atoms. The predicted octanol–water partition coefficient (Wildman–Crippen LogP) is -0.165. The van der Waals surface area contributed by atoms with Gasteiger partial charge in [-0.05, 0) is 6.92 Å². The highest BCUT2D eigenvalue weighted by Gasteiger charge is 2.02. The maximum absolute atomic E-state index is 5.56. The summed E-state index contributed by atoms with van der Waals surface area (Å²) >= 11 is 0. The van der Waals surface area contributed by atoms with Crippen molar-refractivity contribution in [3.05, 3.63) is 11.9 Å². The van der Waals surface area contributed by atoms with Gasteiger partial charge in [-0.1, -0.05) is 5.21 Å². The van der Waals surface area contributed by atoms with E-state index < -0.39 is 0 Å². The Balaban J connectivity index is 2.94. The van der Waals surface area contributed by atoms with Crippen LogP contribution >= 0.6 is 0 Å². The Hall–Kier alpha value is -0.900. The van der Waals surface area contributed by atoms with Crippen LogP contribution in [0.25, 0.3) is 0 Å². The molecular formula is C5H10N4. The average Bonchev–Trinajstić information content (AvgIpc) is 2.13. The quantitative estimate of drug-likeness (QED) is 0.568. The van der Waals surface area contributed by atoms with Gasteiger partial charge >= 0.3 is 0 Å².